The first-order chi connectivity index (χ1) is 9.54. The Labute approximate surface area is 129 Å². The van der Waals surface area contributed by atoms with Crippen LogP contribution in [-0.2, 0) is 0 Å². The zero-order chi connectivity index (χ0) is 14.7. The van der Waals surface area contributed by atoms with E-state index < -0.39 is 6.10 Å². The van der Waals surface area contributed by atoms with Crippen LogP contribution in [0, 0.1) is 6.92 Å². The highest BCUT2D eigenvalue weighted by Gasteiger charge is 2.13. The lowest BCUT2D eigenvalue weighted by molar-refractivity contribution is 0.199. The van der Waals surface area contributed by atoms with Gasteiger partial charge in [-0.05, 0) is 66.0 Å². The van der Waals surface area contributed by atoms with Gasteiger partial charge < -0.3 is 10.0 Å². The lowest BCUT2D eigenvalue weighted by Gasteiger charge is -2.26. The summed E-state index contributed by atoms with van der Waals surface area (Å²) in [6.45, 7) is 6.93. The Bertz CT molecular complexity index is 595. The molecule has 2 rings (SSSR count). The van der Waals surface area contributed by atoms with Gasteiger partial charge in [0.1, 0.15) is 0 Å². The predicted molar refractivity (Wildman–Crippen MR) is 88.6 cm³/mol. The molecule has 0 aliphatic carbocycles. The van der Waals surface area contributed by atoms with Crippen LogP contribution in [0.2, 0.25) is 0 Å². The predicted octanol–water partition coefficient (Wildman–Crippen LogP) is 4.97. The number of halogens is 1. The third-order valence-corrected chi connectivity index (χ3v) is 4.10. The van der Waals surface area contributed by atoms with Crippen LogP contribution in [0.25, 0.3) is 0 Å². The first-order valence-corrected chi connectivity index (χ1v) is 7.64. The maximum atomic E-state index is 9.66. The van der Waals surface area contributed by atoms with Crippen LogP contribution in [0.4, 0.5) is 11.4 Å². The summed E-state index contributed by atoms with van der Waals surface area (Å²) in [6.07, 6.45) is -0.450. The topological polar surface area (TPSA) is 23.5 Å². The summed E-state index contributed by atoms with van der Waals surface area (Å²) in [7, 11) is 0. The van der Waals surface area contributed by atoms with E-state index in [-0.39, 0.29) is 0 Å². The molecule has 0 aliphatic heterocycles. The highest BCUT2D eigenvalue weighted by Crippen LogP contribution is 2.35. The van der Waals surface area contributed by atoms with E-state index in [9.17, 15) is 5.11 Å². The number of rotatable bonds is 4. The number of benzene rings is 2. The Morgan fingerprint density at radius 3 is 2.40 bits per heavy atom. The lowest BCUT2D eigenvalue weighted by atomic mass is 10.1. The summed E-state index contributed by atoms with van der Waals surface area (Å²) in [4.78, 5) is 2.27. The molecule has 0 aromatic heterocycles. The number of anilines is 2. The largest absolute Gasteiger partial charge is 0.389 e. The summed E-state index contributed by atoms with van der Waals surface area (Å²) in [6, 6.07) is 14.4. The van der Waals surface area contributed by atoms with E-state index >= 15 is 0 Å². The quantitative estimate of drug-likeness (QED) is 0.853. The Morgan fingerprint density at radius 1 is 1.15 bits per heavy atom. The fourth-order valence-corrected chi connectivity index (χ4v) is 2.95. The van der Waals surface area contributed by atoms with Gasteiger partial charge in [0.05, 0.1) is 11.8 Å². The third kappa shape index (κ3) is 3.05. The molecule has 1 N–H and O–H groups in total. The SMILES string of the molecule is CCN(c1ccccc1C)c1ccc([C@@H](C)O)cc1Br. The lowest BCUT2D eigenvalue weighted by Crippen LogP contribution is -2.17. The van der Waals surface area contributed by atoms with Crippen LogP contribution in [0.15, 0.2) is 46.9 Å². The van der Waals surface area contributed by atoms with Crippen molar-refractivity contribution in [2.75, 3.05) is 11.4 Å². The second-order valence-corrected chi connectivity index (χ2v) is 5.77. The van der Waals surface area contributed by atoms with Gasteiger partial charge >= 0.3 is 0 Å². The number of nitrogens with zero attached hydrogens (tertiary/aromatic N) is 1. The zero-order valence-corrected chi connectivity index (χ0v) is 13.7. The first-order valence-electron chi connectivity index (χ1n) is 6.85. The van der Waals surface area contributed by atoms with Crippen molar-refractivity contribution in [3.05, 3.63) is 58.1 Å². The van der Waals surface area contributed by atoms with E-state index in [1.54, 1.807) is 6.92 Å². The molecule has 0 amide bonds. The van der Waals surface area contributed by atoms with Gasteiger partial charge in [0.2, 0.25) is 0 Å². The minimum Gasteiger partial charge on any atom is -0.389 e. The molecule has 2 aromatic rings. The molecule has 0 aliphatic rings. The fraction of sp³-hybridized carbons (Fsp3) is 0.294. The molecule has 20 heavy (non-hydrogen) atoms. The molecule has 0 unspecified atom stereocenters. The molecule has 0 saturated carbocycles. The molecule has 2 aromatic carbocycles. The summed E-state index contributed by atoms with van der Waals surface area (Å²) in [5.41, 5.74) is 4.49. The van der Waals surface area contributed by atoms with Crippen LogP contribution in [0.1, 0.15) is 31.1 Å². The highest BCUT2D eigenvalue weighted by molar-refractivity contribution is 9.10. The van der Waals surface area contributed by atoms with Crippen molar-refractivity contribution in [3.63, 3.8) is 0 Å². The maximum Gasteiger partial charge on any atom is 0.0762 e. The molecule has 0 radical (unpaired) electrons. The van der Waals surface area contributed by atoms with Gasteiger partial charge in [0.15, 0.2) is 0 Å². The minimum absolute atomic E-state index is 0.450. The highest BCUT2D eigenvalue weighted by atomic mass is 79.9. The molecule has 0 heterocycles. The number of aliphatic hydroxyl groups excluding tert-OH is 1. The molecule has 106 valence electrons. The molecular weight excluding hydrogens is 314 g/mol. The molecule has 0 saturated heterocycles. The molecule has 1 atom stereocenters. The standard InChI is InChI=1S/C17H20BrNO/c1-4-19(16-8-6-5-7-12(16)2)17-10-9-14(13(3)20)11-15(17)18/h5-11,13,20H,4H2,1-3H3/t13-/m1/s1. The fourth-order valence-electron chi connectivity index (χ4n) is 2.34. The van der Waals surface area contributed by atoms with Crippen LogP contribution in [0.5, 0.6) is 0 Å². The van der Waals surface area contributed by atoms with Crippen molar-refractivity contribution < 1.29 is 5.11 Å². The maximum absolute atomic E-state index is 9.66. The Morgan fingerprint density at radius 2 is 1.85 bits per heavy atom. The van der Waals surface area contributed by atoms with Crippen molar-refractivity contribution in [2.45, 2.75) is 26.9 Å². The van der Waals surface area contributed by atoms with Gasteiger partial charge in [-0.2, -0.15) is 0 Å². The van der Waals surface area contributed by atoms with Crippen molar-refractivity contribution in [1.29, 1.82) is 0 Å². The van der Waals surface area contributed by atoms with Gasteiger partial charge in [-0.1, -0.05) is 24.3 Å². The normalized spacial score (nSPS) is 12.2. The van der Waals surface area contributed by atoms with Crippen LogP contribution in [0.3, 0.4) is 0 Å². The molecule has 2 nitrogen and oxygen atoms in total. The molecule has 0 fully saturated rings. The second kappa shape index (κ2) is 6.42. The van der Waals surface area contributed by atoms with E-state index in [0.717, 1.165) is 22.3 Å². The number of aryl methyl sites for hydroxylation is 1. The molecule has 0 bridgehead atoms. The summed E-state index contributed by atoms with van der Waals surface area (Å²) in [5.74, 6) is 0. The Kier molecular flexibility index (Phi) is 4.84. The minimum atomic E-state index is -0.450. The Balaban J connectivity index is 2.45. The van der Waals surface area contributed by atoms with Crippen molar-refractivity contribution in [1.82, 2.24) is 0 Å². The molecule has 3 heteroatoms. The number of para-hydroxylation sites is 1. The second-order valence-electron chi connectivity index (χ2n) is 4.92. The van der Waals surface area contributed by atoms with E-state index in [1.165, 1.54) is 11.3 Å². The average molecular weight is 334 g/mol. The molecule has 0 spiro atoms. The van der Waals surface area contributed by atoms with Gasteiger partial charge in [0, 0.05) is 16.7 Å². The summed E-state index contributed by atoms with van der Waals surface area (Å²) < 4.78 is 1.00. The number of hydrogen-bond donors (Lipinski definition) is 1. The Hall–Kier alpha value is -1.32. The summed E-state index contributed by atoms with van der Waals surface area (Å²) in [5, 5.41) is 9.66. The average Bonchev–Trinajstić information content (AvgIpc) is 2.43. The molecular formula is C17H20BrNO. The monoisotopic (exact) mass is 333 g/mol. The number of aliphatic hydroxyl groups is 1. The number of hydrogen-bond acceptors (Lipinski definition) is 2. The van der Waals surface area contributed by atoms with E-state index in [2.05, 4.69) is 65.0 Å². The summed E-state index contributed by atoms with van der Waals surface area (Å²) >= 11 is 3.63. The van der Waals surface area contributed by atoms with Crippen molar-refractivity contribution in [3.8, 4) is 0 Å². The smallest absolute Gasteiger partial charge is 0.0762 e. The van der Waals surface area contributed by atoms with Crippen LogP contribution < -0.4 is 4.90 Å². The van der Waals surface area contributed by atoms with Gasteiger partial charge in [-0.15, -0.1) is 0 Å². The van der Waals surface area contributed by atoms with Crippen molar-refractivity contribution in [2.24, 2.45) is 0 Å². The van der Waals surface area contributed by atoms with E-state index in [4.69, 9.17) is 0 Å². The van der Waals surface area contributed by atoms with Gasteiger partial charge in [-0.25, -0.2) is 0 Å². The van der Waals surface area contributed by atoms with Gasteiger partial charge in [0.25, 0.3) is 0 Å². The van der Waals surface area contributed by atoms with Crippen molar-refractivity contribution >= 4 is 27.3 Å². The van der Waals surface area contributed by atoms with E-state index in [0.29, 0.717) is 0 Å². The third-order valence-electron chi connectivity index (χ3n) is 3.47. The van der Waals surface area contributed by atoms with E-state index in [1.807, 2.05) is 12.1 Å². The van der Waals surface area contributed by atoms with Crippen LogP contribution >= 0.6 is 15.9 Å². The van der Waals surface area contributed by atoms with Crippen LogP contribution in [-0.4, -0.2) is 11.7 Å². The first kappa shape index (κ1) is 15.1. The van der Waals surface area contributed by atoms with Gasteiger partial charge in [-0.3, -0.25) is 0 Å². The zero-order valence-electron chi connectivity index (χ0n) is 12.1.